The Morgan fingerprint density at radius 1 is 0.215 bits per heavy atom. The average Bonchev–Trinajstić information content (AvgIpc) is 0.843. The van der Waals surface area contributed by atoms with E-state index in [2.05, 4.69) is 13.8 Å². The predicted molar refractivity (Wildman–Crippen MR) is 588 cm³/mol. The van der Waals surface area contributed by atoms with Crippen LogP contribution in [-0.4, -0.2) is 139 Å². The molecule has 22 heteroatoms. The van der Waals surface area contributed by atoms with Crippen molar-refractivity contribution in [3.63, 3.8) is 0 Å². The molecule has 0 saturated heterocycles. The number of hydrogen-bond acceptors (Lipinski definition) is 22. The number of carbonyl (C=O) groups is 10. The fraction of sp³-hybridized carbons (Fsp3) is 0.417. The van der Waals surface area contributed by atoms with Crippen LogP contribution in [-0.2, 0) is 100 Å². The maximum absolute atomic E-state index is 14.3. The molecule has 0 aliphatic heterocycles. The third kappa shape index (κ3) is 55.8. The highest BCUT2D eigenvalue weighted by Gasteiger charge is 2.38. The SMILES string of the molecule is CCCCCCCCC(OC(=O)C=Cc1ccccc1)C(CCCCCCCC(=O)OCC(COC(O)CCCCCCCC(OC(=O)C=Cc1ccccc1)C(CC(OC(=O)C=Cc1ccccc1)C(CCCCC)OC(=O)C=Cc1ccccc1)OC(=O)C=Cc1ccccc1)OC(=O)CCCCCCCC(OC(=O)C=Cc1ccccc1)C(CCCCCC)OC(=O)C=Cc1ccccc1)OC(=O)C=Cc1ccccc1. The molecule has 0 aliphatic rings. The van der Waals surface area contributed by atoms with Crippen LogP contribution < -0.4 is 0 Å². The van der Waals surface area contributed by atoms with Crippen LogP contribution in [0.3, 0.4) is 0 Å². The predicted octanol–water partition coefficient (Wildman–Crippen LogP) is 27.7. The van der Waals surface area contributed by atoms with E-state index in [0.29, 0.717) is 121 Å². The van der Waals surface area contributed by atoms with Gasteiger partial charge >= 0.3 is 59.7 Å². The van der Waals surface area contributed by atoms with Gasteiger partial charge in [0.2, 0.25) is 0 Å². The lowest BCUT2D eigenvalue weighted by Crippen LogP contribution is -2.43. The van der Waals surface area contributed by atoms with Crippen molar-refractivity contribution in [2.24, 2.45) is 0 Å². The maximum Gasteiger partial charge on any atom is 0.331 e. The van der Waals surface area contributed by atoms with Crippen LogP contribution in [0, 0.1) is 0 Å². The summed E-state index contributed by atoms with van der Waals surface area (Å²) in [6.45, 7) is 5.68. The minimum atomic E-state index is -1.32. The molecule has 1 N–H and O–H groups in total. The molecule has 8 rings (SSSR count). The van der Waals surface area contributed by atoms with Crippen LogP contribution in [0.2, 0.25) is 0 Å². The topological polar surface area (TPSA) is 292 Å². The van der Waals surface area contributed by atoms with Crippen molar-refractivity contribution >= 4 is 108 Å². The van der Waals surface area contributed by atoms with E-state index >= 15 is 0 Å². The summed E-state index contributed by atoms with van der Waals surface area (Å²) in [6, 6.07) is 74.5. The van der Waals surface area contributed by atoms with Gasteiger partial charge in [-0.1, -0.05) is 385 Å². The van der Waals surface area contributed by atoms with E-state index in [1.807, 2.05) is 250 Å². The number of ether oxygens (including phenoxy) is 11. The van der Waals surface area contributed by atoms with E-state index in [1.54, 1.807) is 48.6 Å². The molecule has 8 aromatic rings. The van der Waals surface area contributed by atoms with E-state index in [9.17, 15) is 53.1 Å². The quantitative estimate of drug-likeness (QED) is 0.0122. The first kappa shape index (κ1) is 121. The van der Waals surface area contributed by atoms with Crippen LogP contribution in [0.5, 0.6) is 0 Å². The Balaban J connectivity index is 0.933. The van der Waals surface area contributed by atoms with E-state index in [4.69, 9.17) is 52.1 Å². The number of esters is 10. The van der Waals surface area contributed by atoms with Crippen LogP contribution >= 0.6 is 0 Å². The fourth-order valence-electron chi connectivity index (χ4n) is 16.9. The Bertz CT molecular complexity index is 5330. The standard InChI is InChI=1S/C127H156O22/c1-4-7-10-12-16-49-74-111(144-122(133)91-83-102-60-36-25-37-61-102)112(145-123(134)92-84-103-62-38-26-39-63-103)76-50-17-13-20-53-78-117(128)139-98-108(141-119(130)80-55-22-15-18-51-75-110(143-121(132)90-82-101-58-34-24-35-59-101)109(73-48-11-8-5-2)142-120(131)89-81-100-56-32-23-33-57-100)99-140-118(129)79-54-21-14-19-52-77-114(147-125(136)94-86-105-66-42-28-43-67-105)116(149-127(138)96-88-107-70-46-30-47-71-107)97-115(148-126(137)95-87-106-68-44-29-45-69-106)113(72-31-9-6-3)146-124(135)93-85-104-64-40-27-41-65-104/h23-30,32-47,56-71,81-96,108-116,118,129H,4-22,31,48-55,72-80,97-99H2,1-3H3. The van der Waals surface area contributed by atoms with Crippen LogP contribution in [0.25, 0.3) is 48.6 Å². The van der Waals surface area contributed by atoms with Gasteiger partial charge in [0.15, 0.2) is 12.4 Å². The van der Waals surface area contributed by atoms with Crippen molar-refractivity contribution in [1.82, 2.24) is 0 Å². The second kappa shape index (κ2) is 75.9. The van der Waals surface area contributed by atoms with Gasteiger partial charge in [0, 0.05) is 67.9 Å². The highest BCUT2D eigenvalue weighted by Crippen LogP contribution is 2.30. The van der Waals surface area contributed by atoms with Gasteiger partial charge in [0.1, 0.15) is 55.4 Å². The monoisotopic (exact) mass is 2030 g/mol. The lowest BCUT2D eigenvalue weighted by atomic mass is 9.95. The summed E-state index contributed by atoms with van der Waals surface area (Å²) in [5.74, 6) is -6.20. The first-order valence-corrected chi connectivity index (χ1v) is 54.0. The Hall–Kier alpha value is -13.7. The summed E-state index contributed by atoms with van der Waals surface area (Å²) < 4.78 is 67.9. The molecule has 0 bridgehead atoms. The molecule has 0 amide bonds. The number of rotatable bonds is 76. The summed E-state index contributed by atoms with van der Waals surface area (Å²) in [4.78, 5) is 139. The smallest absolute Gasteiger partial charge is 0.331 e. The lowest BCUT2D eigenvalue weighted by Gasteiger charge is -2.32. The van der Waals surface area contributed by atoms with E-state index < -0.39 is 121 Å². The van der Waals surface area contributed by atoms with Crippen molar-refractivity contribution in [2.75, 3.05) is 13.2 Å². The molecule has 0 aliphatic carbocycles. The normalized spacial score (nSPS) is 13.7. The van der Waals surface area contributed by atoms with Crippen molar-refractivity contribution in [3.05, 3.63) is 336 Å². The maximum atomic E-state index is 14.3. The van der Waals surface area contributed by atoms with Gasteiger partial charge in [0.25, 0.3) is 0 Å². The number of benzene rings is 8. The molecule has 8 aromatic carbocycles. The zero-order valence-electron chi connectivity index (χ0n) is 87.4. The lowest BCUT2D eigenvalue weighted by molar-refractivity contribution is -0.175. The molecule has 0 spiro atoms. The van der Waals surface area contributed by atoms with Gasteiger partial charge in [-0.15, -0.1) is 0 Å². The average molecular weight is 2030 g/mol. The molecule has 22 nitrogen and oxygen atoms in total. The molecule has 0 saturated carbocycles. The van der Waals surface area contributed by atoms with E-state index in [1.165, 1.54) is 48.6 Å². The zero-order chi connectivity index (χ0) is 106. The van der Waals surface area contributed by atoms with Gasteiger partial charge in [-0.05, 0) is 196 Å². The van der Waals surface area contributed by atoms with Crippen molar-refractivity contribution in [3.8, 4) is 0 Å². The Morgan fingerprint density at radius 3 is 0.651 bits per heavy atom. The molecule has 0 radical (unpaired) electrons. The molecular formula is C127H156O22. The van der Waals surface area contributed by atoms with Crippen molar-refractivity contribution in [1.29, 1.82) is 0 Å². The Morgan fingerprint density at radius 2 is 0.403 bits per heavy atom. The fourth-order valence-corrected chi connectivity index (χ4v) is 16.9. The van der Waals surface area contributed by atoms with Crippen molar-refractivity contribution < 1.29 is 105 Å². The second-order valence-electron chi connectivity index (χ2n) is 37.4. The second-order valence-corrected chi connectivity index (χ2v) is 37.4. The van der Waals surface area contributed by atoms with Gasteiger partial charge in [-0.25, -0.2) is 38.4 Å². The summed E-state index contributed by atoms with van der Waals surface area (Å²) >= 11 is 0. The molecule has 0 heterocycles. The summed E-state index contributed by atoms with van der Waals surface area (Å²) in [5.41, 5.74) is 6.25. The Labute approximate surface area is 883 Å². The number of unbranched alkanes of at least 4 members (excludes halogenated alkanes) is 22. The number of aliphatic hydroxyl groups is 1. The van der Waals surface area contributed by atoms with Gasteiger partial charge in [-0.3, -0.25) is 9.59 Å². The van der Waals surface area contributed by atoms with Crippen molar-refractivity contribution in [2.45, 2.75) is 326 Å². The highest BCUT2D eigenvalue weighted by atomic mass is 16.6. The first-order chi connectivity index (χ1) is 72.8. The van der Waals surface area contributed by atoms with E-state index in [0.717, 1.165) is 129 Å². The first-order valence-electron chi connectivity index (χ1n) is 54.0. The minimum Gasteiger partial charge on any atom is -0.462 e. The zero-order valence-corrected chi connectivity index (χ0v) is 87.4. The third-order valence-corrected chi connectivity index (χ3v) is 25.1. The number of aliphatic hydroxyl groups excluding tert-OH is 1. The van der Waals surface area contributed by atoms with Crippen LogP contribution in [0.15, 0.2) is 291 Å². The molecule has 10 unspecified atom stereocenters. The molecule has 149 heavy (non-hydrogen) atoms. The largest absolute Gasteiger partial charge is 0.462 e. The summed E-state index contributed by atoms with van der Waals surface area (Å²) in [5, 5.41) is 11.5. The van der Waals surface area contributed by atoms with Gasteiger partial charge in [-0.2, -0.15) is 0 Å². The molecular weight excluding hydrogens is 1880 g/mol. The van der Waals surface area contributed by atoms with Gasteiger partial charge < -0.3 is 57.2 Å². The van der Waals surface area contributed by atoms with Crippen LogP contribution in [0.1, 0.15) is 309 Å². The molecule has 10 atom stereocenters. The minimum absolute atomic E-state index is 0.0269. The van der Waals surface area contributed by atoms with E-state index in [-0.39, 0.29) is 51.7 Å². The number of carbonyl (C=O) groups excluding carboxylic acids is 10. The molecule has 0 aromatic heterocycles. The summed E-state index contributed by atoms with van der Waals surface area (Å²) in [7, 11) is 0. The van der Waals surface area contributed by atoms with Gasteiger partial charge in [0.05, 0.1) is 6.61 Å². The number of hydrogen-bond donors (Lipinski definition) is 1. The molecule has 796 valence electrons. The highest BCUT2D eigenvalue weighted by molar-refractivity contribution is 5.92. The van der Waals surface area contributed by atoms with Crippen LogP contribution in [0.4, 0.5) is 0 Å². The Kier molecular flexibility index (Phi) is 61.4. The molecule has 0 fully saturated rings. The third-order valence-electron chi connectivity index (χ3n) is 25.1. The summed E-state index contributed by atoms with van der Waals surface area (Å²) in [6.07, 6.45) is 37.3.